The van der Waals surface area contributed by atoms with Crippen LogP contribution in [0.2, 0.25) is 0 Å². The smallest absolute Gasteiger partial charge is 0.309 e. The molecule has 0 atom stereocenters. The zero-order valence-corrected chi connectivity index (χ0v) is 21.0. The van der Waals surface area contributed by atoms with Gasteiger partial charge in [0.2, 0.25) is 0 Å². The van der Waals surface area contributed by atoms with Gasteiger partial charge in [0.25, 0.3) is 0 Å². The van der Waals surface area contributed by atoms with Gasteiger partial charge in [0.1, 0.15) is 0 Å². The first-order valence-electron chi connectivity index (χ1n) is 11.6. The number of aryl methyl sites for hydroxylation is 2. The van der Waals surface area contributed by atoms with Gasteiger partial charge in [-0.3, -0.25) is 9.78 Å². The number of hydrogen-bond acceptors (Lipinski definition) is 5. The van der Waals surface area contributed by atoms with Crippen LogP contribution in [-0.2, 0) is 28.8 Å². The number of methoxy groups -OCH3 is 1. The highest BCUT2D eigenvalue weighted by atomic mass is 32.1. The van der Waals surface area contributed by atoms with Crippen LogP contribution in [0.1, 0.15) is 36.2 Å². The first-order chi connectivity index (χ1) is 16.5. The van der Waals surface area contributed by atoms with E-state index in [-0.39, 0.29) is 12.4 Å². The molecule has 4 rings (SSSR count). The number of aromatic nitrogens is 1. The molecule has 0 spiro atoms. The van der Waals surface area contributed by atoms with Gasteiger partial charge >= 0.3 is 5.97 Å². The maximum Gasteiger partial charge on any atom is 0.309 e. The highest BCUT2D eigenvalue weighted by Crippen LogP contribution is 2.36. The minimum Gasteiger partial charge on any atom is -0.469 e. The van der Waals surface area contributed by atoms with Crippen molar-refractivity contribution in [1.82, 2.24) is 4.98 Å². The lowest BCUT2D eigenvalue weighted by Gasteiger charge is -2.15. The van der Waals surface area contributed by atoms with Crippen molar-refractivity contribution in [2.75, 3.05) is 12.4 Å². The lowest BCUT2D eigenvalue weighted by atomic mass is 10.1. The summed E-state index contributed by atoms with van der Waals surface area (Å²) in [5.74, 6) is -0.236. The summed E-state index contributed by atoms with van der Waals surface area (Å²) in [5, 5.41) is 3.57. The Bertz CT molecular complexity index is 1270. The first kappa shape index (κ1) is 23.7. The van der Waals surface area contributed by atoms with E-state index in [4.69, 9.17) is 9.72 Å². The quantitative estimate of drug-likeness (QED) is 0.273. The number of carbonyl (C=O) groups is 1. The molecule has 5 heteroatoms. The third-order valence-electron chi connectivity index (χ3n) is 6.00. The molecule has 0 unspecified atom stereocenters. The van der Waals surface area contributed by atoms with Crippen LogP contribution in [0, 0.1) is 6.92 Å². The molecular formula is C29H30N2O2S. The molecular weight excluding hydrogens is 440 g/mol. The standard InChI is InChI=1S/C29H30N2O2S/c1-5-20-7-11-22(12-8-20)27-15-16-28(34-27)26-18-25(24(6-2)19(3)30-26)31-23-13-9-21(10-14-23)17-29(32)33-4/h7-16,18H,5-6,17H2,1-4H3,(H,30,31). The molecule has 0 fully saturated rings. The maximum absolute atomic E-state index is 11.5. The van der Waals surface area contributed by atoms with Gasteiger partial charge < -0.3 is 10.1 Å². The van der Waals surface area contributed by atoms with E-state index in [1.807, 2.05) is 24.3 Å². The first-order valence-corrected chi connectivity index (χ1v) is 12.4. The molecule has 174 valence electrons. The molecule has 2 aromatic carbocycles. The number of thiophene rings is 1. The molecule has 4 aromatic rings. The van der Waals surface area contributed by atoms with Crippen LogP contribution in [0.3, 0.4) is 0 Å². The number of nitrogens with zero attached hydrogens (tertiary/aromatic N) is 1. The Hall–Kier alpha value is -3.44. The zero-order valence-electron chi connectivity index (χ0n) is 20.1. The number of anilines is 2. The molecule has 0 saturated heterocycles. The van der Waals surface area contributed by atoms with Crippen LogP contribution in [0.25, 0.3) is 21.0 Å². The molecule has 0 aliphatic rings. The normalized spacial score (nSPS) is 10.8. The molecule has 0 amide bonds. The average molecular weight is 471 g/mol. The number of nitrogens with one attached hydrogen (secondary N) is 1. The fourth-order valence-electron chi connectivity index (χ4n) is 4.02. The third kappa shape index (κ3) is 5.37. The minimum absolute atomic E-state index is 0.236. The Labute approximate surface area is 205 Å². The van der Waals surface area contributed by atoms with Gasteiger partial charge in [-0.25, -0.2) is 0 Å². The van der Waals surface area contributed by atoms with Gasteiger partial charge in [-0.2, -0.15) is 0 Å². The predicted molar refractivity (Wildman–Crippen MR) is 142 cm³/mol. The van der Waals surface area contributed by atoms with Crippen LogP contribution >= 0.6 is 11.3 Å². The van der Waals surface area contributed by atoms with Gasteiger partial charge in [0.05, 0.1) is 24.1 Å². The van der Waals surface area contributed by atoms with Gasteiger partial charge in [0.15, 0.2) is 0 Å². The molecule has 2 heterocycles. The highest BCUT2D eigenvalue weighted by molar-refractivity contribution is 7.18. The number of hydrogen-bond donors (Lipinski definition) is 1. The Morgan fingerprint density at radius 2 is 1.59 bits per heavy atom. The molecule has 0 aliphatic heterocycles. The summed E-state index contributed by atoms with van der Waals surface area (Å²) < 4.78 is 4.76. The van der Waals surface area contributed by atoms with Gasteiger partial charge in [-0.15, -0.1) is 11.3 Å². The SMILES string of the molecule is CCc1ccc(-c2ccc(-c3cc(Nc4ccc(CC(=O)OC)cc4)c(CC)c(C)n3)s2)cc1. The summed E-state index contributed by atoms with van der Waals surface area (Å²) in [4.78, 5) is 18.8. The molecule has 34 heavy (non-hydrogen) atoms. The van der Waals surface area contributed by atoms with Crippen molar-refractivity contribution in [2.24, 2.45) is 0 Å². The summed E-state index contributed by atoms with van der Waals surface area (Å²) >= 11 is 1.77. The van der Waals surface area contributed by atoms with Crippen LogP contribution in [0.5, 0.6) is 0 Å². The number of pyridine rings is 1. The number of carbonyl (C=O) groups excluding carboxylic acids is 1. The predicted octanol–water partition coefficient (Wildman–Crippen LogP) is 7.37. The van der Waals surface area contributed by atoms with Crippen molar-refractivity contribution in [1.29, 1.82) is 0 Å². The van der Waals surface area contributed by atoms with Crippen molar-refractivity contribution < 1.29 is 9.53 Å². The average Bonchev–Trinajstić information content (AvgIpc) is 3.35. The molecule has 1 N–H and O–H groups in total. The topological polar surface area (TPSA) is 51.2 Å². The Morgan fingerprint density at radius 3 is 2.24 bits per heavy atom. The number of esters is 1. The molecule has 0 aliphatic carbocycles. The number of ether oxygens (including phenoxy) is 1. The van der Waals surface area contributed by atoms with E-state index >= 15 is 0 Å². The third-order valence-corrected chi connectivity index (χ3v) is 7.16. The van der Waals surface area contributed by atoms with Crippen LogP contribution in [0.4, 0.5) is 11.4 Å². The fraction of sp³-hybridized carbons (Fsp3) is 0.241. The van der Waals surface area contributed by atoms with Crippen molar-refractivity contribution in [3.8, 4) is 21.0 Å². The Morgan fingerprint density at radius 1 is 0.912 bits per heavy atom. The highest BCUT2D eigenvalue weighted by Gasteiger charge is 2.13. The largest absolute Gasteiger partial charge is 0.469 e. The van der Waals surface area contributed by atoms with E-state index in [0.717, 1.165) is 46.0 Å². The molecule has 0 saturated carbocycles. The van der Waals surface area contributed by atoms with E-state index in [1.54, 1.807) is 11.3 Å². The second-order valence-corrected chi connectivity index (χ2v) is 9.35. The maximum atomic E-state index is 11.5. The summed E-state index contributed by atoms with van der Waals surface area (Å²) in [6.45, 7) is 6.40. The van der Waals surface area contributed by atoms with E-state index in [2.05, 4.69) is 68.6 Å². The molecule has 0 radical (unpaired) electrons. The van der Waals surface area contributed by atoms with Crippen molar-refractivity contribution in [2.45, 2.75) is 40.0 Å². The lowest BCUT2D eigenvalue weighted by molar-refractivity contribution is -0.139. The molecule has 2 aromatic heterocycles. The van der Waals surface area contributed by atoms with Crippen molar-refractivity contribution >= 4 is 28.7 Å². The van der Waals surface area contributed by atoms with Crippen LogP contribution in [0.15, 0.2) is 66.7 Å². The minimum atomic E-state index is -0.236. The summed E-state index contributed by atoms with van der Waals surface area (Å²) in [5.41, 5.74) is 8.76. The van der Waals surface area contributed by atoms with Crippen LogP contribution in [-0.4, -0.2) is 18.1 Å². The monoisotopic (exact) mass is 470 g/mol. The van der Waals surface area contributed by atoms with Crippen LogP contribution < -0.4 is 5.32 Å². The summed E-state index contributed by atoms with van der Waals surface area (Å²) in [6.07, 6.45) is 2.21. The zero-order chi connectivity index (χ0) is 24.1. The van der Waals surface area contributed by atoms with E-state index in [0.29, 0.717) is 0 Å². The van der Waals surface area contributed by atoms with E-state index in [1.165, 1.54) is 28.7 Å². The van der Waals surface area contributed by atoms with E-state index in [9.17, 15) is 4.79 Å². The molecule has 4 nitrogen and oxygen atoms in total. The summed E-state index contributed by atoms with van der Waals surface area (Å²) in [6, 6.07) is 23.2. The fourth-order valence-corrected chi connectivity index (χ4v) is 4.99. The number of rotatable bonds is 8. The lowest BCUT2D eigenvalue weighted by Crippen LogP contribution is -2.04. The Balaban J connectivity index is 1.60. The van der Waals surface area contributed by atoms with Crippen molar-refractivity contribution in [3.05, 3.63) is 89.1 Å². The van der Waals surface area contributed by atoms with Gasteiger partial charge in [0, 0.05) is 21.9 Å². The van der Waals surface area contributed by atoms with E-state index < -0.39 is 0 Å². The number of benzene rings is 2. The van der Waals surface area contributed by atoms with Gasteiger partial charge in [-0.1, -0.05) is 50.2 Å². The molecule has 0 bridgehead atoms. The van der Waals surface area contributed by atoms with Gasteiger partial charge in [-0.05, 0) is 72.4 Å². The summed E-state index contributed by atoms with van der Waals surface area (Å²) in [7, 11) is 1.41. The van der Waals surface area contributed by atoms with Crippen molar-refractivity contribution in [3.63, 3.8) is 0 Å². The second-order valence-electron chi connectivity index (χ2n) is 8.26. The Kier molecular flexibility index (Phi) is 7.43. The second kappa shape index (κ2) is 10.7.